The summed E-state index contributed by atoms with van der Waals surface area (Å²) in [5.74, 6) is -0.792. The van der Waals surface area contributed by atoms with Gasteiger partial charge in [0.2, 0.25) is 15.9 Å². The zero-order chi connectivity index (χ0) is 18.9. The maximum atomic E-state index is 12.3. The van der Waals surface area contributed by atoms with Crippen LogP contribution in [0.1, 0.15) is 22.3 Å². The Bertz CT molecular complexity index is 1090. The predicted molar refractivity (Wildman–Crippen MR) is 104 cm³/mol. The van der Waals surface area contributed by atoms with Crippen molar-refractivity contribution in [3.05, 3.63) is 69.9 Å². The fraction of sp³-hybridized carbons (Fsp3) is 0.211. The van der Waals surface area contributed by atoms with E-state index in [1.165, 1.54) is 0 Å². The van der Waals surface area contributed by atoms with Crippen LogP contribution in [0.25, 0.3) is 10.9 Å². The molecule has 1 heterocycles. The Labute approximate surface area is 157 Å². The number of carbonyl (C=O) groups excluding carboxylic acids is 1. The number of hydrogen-bond acceptors (Lipinski definition) is 3. The second-order valence-electron chi connectivity index (χ2n) is 6.39. The molecular weight excluding hydrogens is 372 g/mol. The first-order valence-electron chi connectivity index (χ1n) is 8.08. The van der Waals surface area contributed by atoms with Gasteiger partial charge < -0.3 is 4.98 Å². The Hall–Kier alpha value is -2.31. The minimum atomic E-state index is -3.76. The lowest BCUT2D eigenvalue weighted by molar-refractivity contribution is -0.118. The number of aryl methyl sites for hydroxylation is 2. The van der Waals surface area contributed by atoms with Crippen molar-refractivity contribution < 1.29 is 13.2 Å². The van der Waals surface area contributed by atoms with Gasteiger partial charge >= 0.3 is 0 Å². The second kappa shape index (κ2) is 7.13. The summed E-state index contributed by atoms with van der Waals surface area (Å²) in [6.45, 7) is 3.80. The monoisotopic (exact) mass is 390 g/mol. The van der Waals surface area contributed by atoms with Crippen molar-refractivity contribution >= 4 is 38.4 Å². The molecule has 5 nitrogen and oxygen atoms in total. The number of aromatic nitrogens is 1. The van der Waals surface area contributed by atoms with Crippen LogP contribution in [0.2, 0.25) is 5.02 Å². The van der Waals surface area contributed by atoms with E-state index >= 15 is 0 Å². The topological polar surface area (TPSA) is 79.0 Å². The molecule has 0 unspecified atom stereocenters. The van der Waals surface area contributed by atoms with E-state index in [1.54, 1.807) is 30.5 Å². The highest BCUT2D eigenvalue weighted by atomic mass is 35.5. The lowest BCUT2D eigenvalue weighted by Crippen LogP contribution is -2.32. The van der Waals surface area contributed by atoms with E-state index in [0.29, 0.717) is 10.6 Å². The molecule has 0 atom stereocenters. The Kier molecular flexibility index (Phi) is 5.07. The van der Waals surface area contributed by atoms with Crippen LogP contribution in [0, 0.1) is 13.8 Å². The SMILES string of the molecule is Cc1ccc(CS(=O)(=O)NC(=O)Cc2c[nH]c3cc(Cl)ccc23)c(C)c1. The number of amides is 1. The second-order valence-corrected chi connectivity index (χ2v) is 8.55. The molecule has 2 N–H and O–H groups in total. The molecule has 0 spiro atoms. The average molecular weight is 391 g/mol. The third-order valence-corrected chi connectivity index (χ3v) is 5.66. The number of hydrogen-bond donors (Lipinski definition) is 2. The van der Waals surface area contributed by atoms with Crippen LogP contribution in [0.15, 0.2) is 42.6 Å². The molecule has 2 aromatic carbocycles. The number of benzene rings is 2. The summed E-state index contributed by atoms with van der Waals surface area (Å²) >= 11 is 5.94. The molecule has 0 bridgehead atoms. The van der Waals surface area contributed by atoms with Crippen LogP contribution in [0.3, 0.4) is 0 Å². The lowest BCUT2D eigenvalue weighted by Gasteiger charge is -2.09. The highest BCUT2D eigenvalue weighted by molar-refractivity contribution is 7.89. The largest absolute Gasteiger partial charge is 0.361 e. The summed E-state index contributed by atoms with van der Waals surface area (Å²) < 4.78 is 26.8. The number of sulfonamides is 1. The van der Waals surface area contributed by atoms with Crippen molar-refractivity contribution in [1.29, 1.82) is 0 Å². The summed E-state index contributed by atoms with van der Waals surface area (Å²) in [5.41, 5.74) is 4.15. The molecule has 1 amide bonds. The zero-order valence-corrected chi connectivity index (χ0v) is 16.0. The smallest absolute Gasteiger partial charge is 0.239 e. The molecule has 0 saturated carbocycles. The van der Waals surface area contributed by atoms with Crippen LogP contribution >= 0.6 is 11.6 Å². The Morgan fingerprint density at radius 3 is 2.62 bits per heavy atom. The van der Waals surface area contributed by atoms with Gasteiger partial charge in [-0.1, -0.05) is 41.4 Å². The molecule has 0 aliphatic heterocycles. The van der Waals surface area contributed by atoms with Crippen LogP contribution in [-0.2, 0) is 27.0 Å². The van der Waals surface area contributed by atoms with Gasteiger partial charge in [0.05, 0.1) is 12.2 Å². The maximum absolute atomic E-state index is 12.3. The van der Waals surface area contributed by atoms with E-state index in [2.05, 4.69) is 9.71 Å². The van der Waals surface area contributed by atoms with Crippen LogP contribution < -0.4 is 4.72 Å². The molecule has 0 radical (unpaired) electrons. The van der Waals surface area contributed by atoms with Gasteiger partial charge in [-0.25, -0.2) is 8.42 Å². The Balaban J connectivity index is 1.71. The number of H-pyrrole nitrogens is 1. The molecule has 3 rings (SSSR count). The lowest BCUT2D eigenvalue weighted by atomic mass is 10.1. The van der Waals surface area contributed by atoms with Crippen molar-refractivity contribution in [2.24, 2.45) is 0 Å². The summed E-state index contributed by atoms with van der Waals surface area (Å²) in [6.07, 6.45) is 1.66. The predicted octanol–water partition coefficient (Wildman–Crippen LogP) is 3.63. The van der Waals surface area contributed by atoms with Crippen molar-refractivity contribution in [2.45, 2.75) is 26.0 Å². The van der Waals surface area contributed by atoms with Crippen LogP contribution in [-0.4, -0.2) is 19.3 Å². The van der Waals surface area contributed by atoms with Crippen molar-refractivity contribution in [3.8, 4) is 0 Å². The van der Waals surface area contributed by atoms with Gasteiger partial charge in [0.25, 0.3) is 0 Å². The first-order valence-corrected chi connectivity index (χ1v) is 10.1. The number of halogens is 1. The molecule has 3 aromatic rings. The van der Waals surface area contributed by atoms with Gasteiger partial charge in [0.15, 0.2) is 0 Å². The third kappa shape index (κ3) is 4.26. The number of nitrogens with one attached hydrogen (secondary N) is 2. The van der Waals surface area contributed by atoms with E-state index in [9.17, 15) is 13.2 Å². The normalized spacial score (nSPS) is 11.7. The van der Waals surface area contributed by atoms with Crippen LogP contribution in [0.5, 0.6) is 0 Å². The molecule has 0 saturated heterocycles. The minimum Gasteiger partial charge on any atom is -0.361 e. The van der Waals surface area contributed by atoms with Gasteiger partial charge in [-0.15, -0.1) is 0 Å². The summed E-state index contributed by atoms with van der Waals surface area (Å²) in [4.78, 5) is 15.3. The van der Waals surface area contributed by atoms with E-state index in [-0.39, 0.29) is 12.2 Å². The average Bonchev–Trinajstić information content (AvgIpc) is 2.91. The highest BCUT2D eigenvalue weighted by Crippen LogP contribution is 2.22. The Morgan fingerprint density at radius 1 is 1.12 bits per heavy atom. The maximum Gasteiger partial charge on any atom is 0.239 e. The van der Waals surface area contributed by atoms with Crippen molar-refractivity contribution in [1.82, 2.24) is 9.71 Å². The zero-order valence-electron chi connectivity index (χ0n) is 14.5. The van der Waals surface area contributed by atoms with Gasteiger partial charge in [-0.2, -0.15) is 0 Å². The highest BCUT2D eigenvalue weighted by Gasteiger charge is 2.18. The number of fused-ring (bicyclic) bond motifs is 1. The van der Waals surface area contributed by atoms with Gasteiger partial charge in [-0.05, 0) is 42.7 Å². The molecule has 136 valence electrons. The number of aromatic amines is 1. The molecule has 0 fully saturated rings. The number of rotatable bonds is 5. The standard InChI is InChI=1S/C19H19ClN2O3S/c1-12-3-4-14(13(2)7-12)11-26(24,25)22-19(23)8-15-10-21-18-9-16(20)5-6-17(15)18/h3-7,9-10,21H,8,11H2,1-2H3,(H,22,23). The fourth-order valence-electron chi connectivity index (χ4n) is 2.94. The van der Waals surface area contributed by atoms with Crippen molar-refractivity contribution in [2.75, 3.05) is 0 Å². The molecule has 0 aliphatic rings. The third-order valence-electron chi connectivity index (χ3n) is 4.19. The summed E-state index contributed by atoms with van der Waals surface area (Å²) in [6, 6.07) is 10.9. The minimum absolute atomic E-state index is 0.0340. The van der Waals surface area contributed by atoms with Crippen LogP contribution in [0.4, 0.5) is 0 Å². The van der Waals surface area contributed by atoms with E-state index in [4.69, 9.17) is 11.6 Å². The molecule has 1 aromatic heterocycles. The molecule has 7 heteroatoms. The first-order chi connectivity index (χ1) is 12.2. The molecule has 0 aliphatic carbocycles. The molecule has 26 heavy (non-hydrogen) atoms. The summed E-state index contributed by atoms with van der Waals surface area (Å²) in [5, 5.41) is 1.43. The first kappa shape index (κ1) is 18.5. The van der Waals surface area contributed by atoms with Gasteiger partial charge in [-0.3, -0.25) is 9.52 Å². The van der Waals surface area contributed by atoms with E-state index in [0.717, 1.165) is 27.6 Å². The fourth-order valence-corrected chi connectivity index (χ4v) is 4.33. The number of carbonyl (C=O) groups is 1. The quantitative estimate of drug-likeness (QED) is 0.698. The van der Waals surface area contributed by atoms with Gasteiger partial charge in [0, 0.05) is 22.1 Å². The van der Waals surface area contributed by atoms with E-state index in [1.807, 2.05) is 26.0 Å². The van der Waals surface area contributed by atoms with Crippen molar-refractivity contribution in [3.63, 3.8) is 0 Å². The molecular formula is C19H19ClN2O3S. The Morgan fingerprint density at radius 2 is 1.88 bits per heavy atom. The summed E-state index contributed by atoms with van der Waals surface area (Å²) in [7, 11) is -3.76. The van der Waals surface area contributed by atoms with E-state index < -0.39 is 15.9 Å². The van der Waals surface area contributed by atoms with Gasteiger partial charge in [0.1, 0.15) is 0 Å².